The van der Waals surface area contributed by atoms with Crippen LogP contribution in [0.15, 0.2) is 0 Å². The van der Waals surface area contributed by atoms with Gasteiger partial charge in [-0.3, -0.25) is 0 Å². The van der Waals surface area contributed by atoms with E-state index in [2.05, 4.69) is 19.3 Å². The summed E-state index contributed by atoms with van der Waals surface area (Å²) in [5.41, 5.74) is 0. The number of terminal acetylenes is 3. The Labute approximate surface area is 47.9 Å². The third-order valence-corrected chi connectivity index (χ3v) is 0. The maximum absolute atomic E-state index is 5.25. The van der Waals surface area contributed by atoms with E-state index in [4.69, 9.17) is 19.3 Å². The van der Waals surface area contributed by atoms with Crippen LogP contribution in [0.5, 0.6) is 0 Å². The molecule has 0 aliphatic rings. The van der Waals surface area contributed by atoms with Gasteiger partial charge in [0.2, 0.25) is 0 Å². The van der Waals surface area contributed by atoms with Crippen molar-refractivity contribution in [3.05, 3.63) is 19.3 Å². The van der Waals surface area contributed by atoms with Crippen LogP contribution in [0.25, 0.3) is 0 Å². The summed E-state index contributed by atoms with van der Waals surface area (Å²) in [6, 6.07) is 0. The van der Waals surface area contributed by atoms with E-state index in [1.54, 1.807) is 0 Å². The van der Waals surface area contributed by atoms with Crippen LogP contribution in [-0.4, -0.2) is 8.41 Å². The Morgan fingerprint density at radius 1 is 0.571 bits per heavy atom. The van der Waals surface area contributed by atoms with Gasteiger partial charge in [0.15, 0.2) is 0 Å². The van der Waals surface area contributed by atoms with Crippen molar-refractivity contribution in [3.8, 4) is 19.3 Å². The molecule has 7 heavy (non-hydrogen) atoms. The number of hydrogen-bond acceptors (Lipinski definition) is 0. The molecule has 0 spiro atoms. The van der Waals surface area contributed by atoms with Crippen LogP contribution in [0.4, 0.5) is 0 Å². The Kier molecular flexibility index (Phi) is 256. The van der Waals surface area contributed by atoms with Crippen molar-refractivity contribution in [1.82, 2.24) is 0 Å². The fourth-order valence-corrected chi connectivity index (χ4v) is 0. The molecule has 0 unspecified atom stereocenters. The third kappa shape index (κ3) is 22.7. The van der Waals surface area contributed by atoms with Gasteiger partial charge in [-0.2, -0.15) is 0 Å². The largest absolute Gasteiger partial charge is 3.00 e. The minimum absolute atomic E-state index is 0. The van der Waals surface area contributed by atoms with E-state index in [9.17, 15) is 0 Å². The van der Waals surface area contributed by atoms with Gasteiger partial charge in [-0.25, -0.2) is 0 Å². The standard InChI is InChI=1S/3C2H.B/c3*1-2;/h3*1H;/q3*-1;+3. The Bertz CT molecular complexity index is 32.7. The van der Waals surface area contributed by atoms with Gasteiger partial charge in [-0.05, 0) is 0 Å². The van der Waals surface area contributed by atoms with Crippen molar-refractivity contribution in [3.63, 3.8) is 0 Å². The van der Waals surface area contributed by atoms with Gasteiger partial charge in [0.1, 0.15) is 0 Å². The molecule has 0 rings (SSSR count). The summed E-state index contributed by atoms with van der Waals surface area (Å²) in [5.74, 6) is 0. The average Bonchev–Trinajstić information content (AvgIpc) is 1.81. The number of rotatable bonds is 0. The van der Waals surface area contributed by atoms with E-state index in [1.807, 2.05) is 0 Å². The van der Waals surface area contributed by atoms with Crippen LogP contribution < -0.4 is 0 Å². The van der Waals surface area contributed by atoms with Crippen LogP contribution in [0.2, 0.25) is 0 Å². The summed E-state index contributed by atoms with van der Waals surface area (Å²) < 4.78 is 0. The average molecular weight is 85.9 g/mol. The molecule has 0 aliphatic heterocycles. The van der Waals surface area contributed by atoms with Crippen molar-refractivity contribution >= 4 is 8.41 Å². The van der Waals surface area contributed by atoms with E-state index < -0.39 is 0 Å². The zero-order valence-corrected chi connectivity index (χ0v) is 3.81. The molecule has 0 saturated heterocycles. The summed E-state index contributed by atoms with van der Waals surface area (Å²) >= 11 is 0. The fourth-order valence-electron chi connectivity index (χ4n) is 0. The van der Waals surface area contributed by atoms with Crippen molar-refractivity contribution in [2.24, 2.45) is 0 Å². The Morgan fingerprint density at radius 2 is 0.571 bits per heavy atom. The summed E-state index contributed by atoms with van der Waals surface area (Å²) in [5, 5.41) is 0. The molecule has 0 amide bonds. The smallest absolute Gasteiger partial charge is 0.697 e. The van der Waals surface area contributed by atoms with E-state index in [0.717, 1.165) is 0 Å². The van der Waals surface area contributed by atoms with Gasteiger partial charge in [-0.1, -0.05) is 0 Å². The molecule has 0 aliphatic carbocycles. The normalized spacial score (nSPS) is 0.857. The summed E-state index contributed by atoms with van der Waals surface area (Å²) in [4.78, 5) is 0. The molecule has 0 bridgehead atoms. The predicted octanol–water partition coefficient (Wildman–Crippen LogP) is 0.237. The first-order valence-corrected chi connectivity index (χ1v) is 0.866. The molecule has 0 N–H and O–H groups in total. The van der Waals surface area contributed by atoms with Gasteiger partial charge in [-0.15, -0.1) is 0 Å². The second-order valence-electron chi connectivity index (χ2n) is 0. The number of hydrogen-bond donors (Lipinski definition) is 0. The van der Waals surface area contributed by atoms with Gasteiger partial charge in [0, 0.05) is 0 Å². The van der Waals surface area contributed by atoms with Crippen LogP contribution in [-0.2, 0) is 0 Å². The van der Waals surface area contributed by atoms with E-state index in [-0.39, 0.29) is 8.41 Å². The molecule has 0 aromatic rings. The Balaban J connectivity index is -0.00000000900. The van der Waals surface area contributed by atoms with E-state index >= 15 is 0 Å². The van der Waals surface area contributed by atoms with Gasteiger partial charge in [0.05, 0.1) is 0 Å². The molecule has 0 saturated carbocycles. The molecular formula is C6H3B. The molecule has 0 atom stereocenters. The fraction of sp³-hybridized carbons (Fsp3) is 0. The Morgan fingerprint density at radius 3 is 0.571 bits per heavy atom. The minimum atomic E-state index is 0. The van der Waals surface area contributed by atoms with Crippen molar-refractivity contribution in [2.45, 2.75) is 0 Å². The topological polar surface area (TPSA) is 0 Å². The van der Waals surface area contributed by atoms with Gasteiger partial charge < -0.3 is 38.5 Å². The second-order valence-corrected chi connectivity index (χ2v) is 0. The quantitative estimate of drug-likeness (QED) is 0.225. The molecule has 30 valence electrons. The van der Waals surface area contributed by atoms with Crippen molar-refractivity contribution < 1.29 is 0 Å². The zero-order chi connectivity index (χ0) is 6.00. The maximum atomic E-state index is 5.25. The predicted molar refractivity (Wildman–Crippen MR) is 30.3 cm³/mol. The van der Waals surface area contributed by atoms with Gasteiger partial charge in [0.25, 0.3) is 0 Å². The summed E-state index contributed by atoms with van der Waals surface area (Å²) in [6.45, 7) is 0. The summed E-state index contributed by atoms with van der Waals surface area (Å²) in [6.07, 6.45) is 27.0. The molecule has 0 radical (unpaired) electrons. The first-order chi connectivity index (χ1) is 3.00. The van der Waals surface area contributed by atoms with Crippen molar-refractivity contribution in [2.75, 3.05) is 0 Å². The molecule has 0 heterocycles. The third-order valence-electron chi connectivity index (χ3n) is 0. The van der Waals surface area contributed by atoms with E-state index in [0.29, 0.717) is 0 Å². The van der Waals surface area contributed by atoms with Crippen molar-refractivity contribution in [1.29, 1.82) is 0 Å². The molecule has 0 aromatic heterocycles. The maximum Gasteiger partial charge on any atom is 3.00 e. The molecule has 0 nitrogen and oxygen atoms in total. The first kappa shape index (κ1) is 42.5. The SMILES string of the molecule is [B+3].[C-]#C.[C-]#C.[C-]#C. The van der Waals surface area contributed by atoms with Crippen LogP contribution in [0, 0.1) is 38.5 Å². The molecule has 0 fully saturated rings. The molecule has 0 aromatic carbocycles. The first-order valence-electron chi connectivity index (χ1n) is 0.866. The van der Waals surface area contributed by atoms with Crippen LogP contribution in [0.1, 0.15) is 0 Å². The Hall–Kier alpha value is -1.26. The van der Waals surface area contributed by atoms with Crippen LogP contribution >= 0.6 is 0 Å². The summed E-state index contributed by atoms with van der Waals surface area (Å²) in [7, 11) is 0. The zero-order valence-electron chi connectivity index (χ0n) is 3.81. The second kappa shape index (κ2) is 42.2. The minimum Gasteiger partial charge on any atom is -0.697 e. The van der Waals surface area contributed by atoms with Gasteiger partial charge >= 0.3 is 8.41 Å². The molecule has 1 heteroatoms. The monoisotopic (exact) mass is 86.0 g/mol. The molecular weight excluding hydrogens is 82.9 g/mol. The van der Waals surface area contributed by atoms with Crippen LogP contribution in [0.3, 0.4) is 0 Å². The van der Waals surface area contributed by atoms with E-state index in [1.165, 1.54) is 0 Å².